The lowest BCUT2D eigenvalue weighted by Crippen LogP contribution is -2.34. The molecular weight excluding hydrogens is 310 g/mol. The van der Waals surface area contributed by atoms with E-state index in [0.717, 1.165) is 11.6 Å². The molecule has 0 radical (unpaired) electrons. The maximum atomic E-state index is 13.9. The summed E-state index contributed by atoms with van der Waals surface area (Å²) in [5.74, 6) is -2.01. The molecule has 24 heavy (non-hydrogen) atoms. The van der Waals surface area contributed by atoms with Gasteiger partial charge >= 0.3 is 0 Å². The number of pyridine rings is 1. The molecule has 1 saturated heterocycles. The molecule has 2 heterocycles. The smallest absolute Gasteiger partial charge is 0.187 e. The fourth-order valence-corrected chi connectivity index (χ4v) is 2.69. The highest BCUT2D eigenvalue weighted by Crippen LogP contribution is 2.22. The van der Waals surface area contributed by atoms with Gasteiger partial charge in [0.2, 0.25) is 0 Å². The van der Waals surface area contributed by atoms with E-state index in [9.17, 15) is 13.6 Å². The summed E-state index contributed by atoms with van der Waals surface area (Å²) in [6.45, 7) is 0.895. The van der Waals surface area contributed by atoms with Crippen LogP contribution in [-0.2, 0) is 4.79 Å². The van der Waals surface area contributed by atoms with E-state index in [1.165, 1.54) is 18.2 Å². The zero-order chi connectivity index (χ0) is 17.1. The first-order valence-corrected chi connectivity index (χ1v) is 7.53. The summed E-state index contributed by atoms with van der Waals surface area (Å²) < 4.78 is 27.2. The van der Waals surface area contributed by atoms with Gasteiger partial charge in [-0.2, -0.15) is 0 Å². The first-order valence-electron chi connectivity index (χ1n) is 7.53. The van der Waals surface area contributed by atoms with Crippen molar-refractivity contribution < 1.29 is 13.6 Å². The predicted molar refractivity (Wildman–Crippen MR) is 89.1 cm³/mol. The van der Waals surface area contributed by atoms with Crippen LogP contribution in [0.15, 0.2) is 53.9 Å². The molecule has 2 aromatic rings. The van der Waals surface area contributed by atoms with Crippen LogP contribution in [0.1, 0.15) is 11.1 Å². The normalized spacial score (nSPS) is 19.2. The maximum Gasteiger partial charge on any atom is 0.187 e. The number of carbonyl (C=O) groups is 1. The Balaban J connectivity index is 1.97. The second-order valence-corrected chi connectivity index (χ2v) is 5.76. The van der Waals surface area contributed by atoms with Gasteiger partial charge in [0.25, 0.3) is 0 Å². The topological polar surface area (TPSA) is 33.2 Å². The summed E-state index contributed by atoms with van der Waals surface area (Å²) >= 11 is 0. The van der Waals surface area contributed by atoms with Crippen LogP contribution in [0, 0.1) is 11.6 Å². The molecule has 0 spiro atoms. The van der Waals surface area contributed by atoms with Gasteiger partial charge in [-0.05, 0) is 43.0 Å². The van der Waals surface area contributed by atoms with Crippen molar-refractivity contribution in [3.05, 3.63) is 76.6 Å². The molecule has 1 aliphatic heterocycles. The minimum atomic E-state index is -0.939. The number of piperidine rings is 1. The van der Waals surface area contributed by atoms with Crippen molar-refractivity contribution >= 4 is 17.9 Å². The Kier molecular flexibility index (Phi) is 4.62. The first-order chi connectivity index (χ1) is 11.5. The molecule has 0 bridgehead atoms. The Morgan fingerprint density at radius 2 is 1.71 bits per heavy atom. The van der Waals surface area contributed by atoms with Crippen LogP contribution in [-0.4, -0.2) is 35.8 Å². The molecule has 0 saturated carbocycles. The Morgan fingerprint density at radius 3 is 2.42 bits per heavy atom. The molecule has 5 heteroatoms. The average molecular weight is 326 g/mol. The molecule has 0 atom stereocenters. The minimum absolute atomic E-state index is 0.0805. The number of rotatable bonds is 2. The van der Waals surface area contributed by atoms with Gasteiger partial charge in [0.05, 0.1) is 0 Å². The third-order valence-electron chi connectivity index (χ3n) is 3.82. The minimum Gasteiger partial charge on any atom is -0.298 e. The first kappa shape index (κ1) is 16.2. The fourth-order valence-electron chi connectivity index (χ4n) is 2.69. The quantitative estimate of drug-likeness (QED) is 0.794. The SMILES string of the molecule is CN1C/C(=C\c2ccncc2)C(=O)/C(=C/c2cccc(F)c2F)C1. The number of halogens is 2. The van der Waals surface area contributed by atoms with Crippen molar-refractivity contribution in [3.8, 4) is 0 Å². The lowest BCUT2D eigenvalue weighted by Gasteiger charge is -2.26. The zero-order valence-corrected chi connectivity index (χ0v) is 13.2. The Bertz CT molecular complexity index is 829. The molecule has 1 aromatic heterocycles. The largest absolute Gasteiger partial charge is 0.298 e. The van der Waals surface area contributed by atoms with Gasteiger partial charge in [-0.15, -0.1) is 0 Å². The number of benzene rings is 1. The van der Waals surface area contributed by atoms with E-state index in [0.29, 0.717) is 24.2 Å². The third-order valence-corrected chi connectivity index (χ3v) is 3.82. The van der Waals surface area contributed by atoms with Gasteiger partial charge in [-0.1, -0.05) is 12.1 Å². The van der Waals surface area contributed by atoms with E-state index in [1.54, 1.807) is 18.5 Å². The number of carbonyl (C=O) groups excluding carboxylic acids is 1. The molecule has 0 unspecified atom stereocenters. The van der Waals surface area contributed by atoms with Crippen LogP contribution in [0.4, 0.5) is 8.78 Å². The molecule has 0 aliphatic carbocycles. The third kappa shape index (κ3) is 3.46. The van der Waals surface area contributed by atoms with Gasteiger partial charge in [0, 0.05) is 42.2 Å². The highest BCUT2D eigenvalue weighted by atomic mass is 19.2. The number of hydrogen-bond acceptors (Lipinski definition) is 3. The van der Waals surface area contributed by atoms with Gasteiger partial charge in [0.1, 0.15) is 0 Å². The van der Waals surface area contributed by atoms with Crippen LogP contribution in [0.5, 0.6) is 0 Å². The summed E-state index contributed by atoms with van der Waals surface area (Å²) in [6, 6.07) is 7.56. The standard InChI is InChI=1S/C19H16F2N2O/c1-23-11-15(9-13-5-7-22-8-6-13)19(24)16(12-23)10-14-3-2-4-17(20)18(14)21/h2-10H,11-12H2,1H3/b15-9+,16-10+. The molecular formula is C19H16F2N2O. The fraction of sp³-hybridized carbons (Fsp3) is 0.158. The highest BCUT2D eigenvalue weighted by molar-refractivity contribution is 6.14. The number of hydrogen-bond donors (Lipinski definition) is 0. The van der Waals surface area contributed by atoms with Crippen molar-refractivity contribution in [2.45, 2.75) is 0 Å². The summed E-state index contributed by atoms with van der Waals surface area (Å²) in [4.78, 5) is 18.6. The maximum absolute atomic E-state index is 13.9. The van der Waals surface area contributed by atoms with E-state index >= 15 is 0 Å². The number of aromatic nitrogens is 1. The molecule has 3 nitrogen and oxygen atoms in total. The Morgan fingerprint density at radius 1 is 1.04 bits per heavy atom. The molecule has 1 fully saturated rings. The molecule has 0 amide bonds. The summed E-state index contributed by atoms with van der Waals surface area (Å²) in [7, 11) is 1.88. The number of Topliss-reactive ketones (excluding diaryl/α,β-unsaturated/α-hetero) is 1. The van der Waals surface area contributed by atoms with Crippen molar-refractivity contribution in [2.75, 3.05) is 20.1 Å². The lowest BCUT2D eigenvalue weighted by molar-refractivity contribution is -0.113. The van der Waals surface area contributed by atoms with Gasteiger partial charge in [0.15, 0.2) is 17.4 Å². The van der Waals surface area contributed by atoms with Gasteiger partial charge < -0.3 is 0 Å². The van der Waals surface area contributed by atoms with Crippen molar-refractivity contribution in [3.63, 3.8) is 0 Å². The number of nitrogens with zero attached hydrogens (tertiary/aromatic N) is 2. The number of likely N-dealkylation sites (N-methyl/N-ethyl adjacent to an activating group) is 1. The van der Waals surface area contributed by atoms with E-state index < -0.39 is 11.6 Å². The average Bonchev–Trinajstić information content (AvgIpc) is 2.57. The highest BCUT2D eigenvalue weighted by Gasteiger charge is 2.24. The van der Waals surface area contributed by atoms with E-state index in [1.807, 2.05) is 24.1 Å². The molecule has 1 aliphatic rings. The van der Waals surface area contributed by atoms with Crippen LogP contribution in [0.2, 0.25) is 0 Å². The summed E-state index contributed by atoms with van der Waals surface area (Å²) in [5, 5.41) is 0. The summed E-state index contributed by atoms with van der Waals surface area (Å²) in [6.07, 6.45) is 6.54. The lowest BCUT2D eigenvalue weighted by atomic mass is 9.94. The van der Waals surface area contributed by atoms with Crippen LogP contribution in [0.25, 0.3) is 12.2 Å². The second kappa shape index (κ2) is 6.84. The van der Waals surface area contributed by atoms with Crippen LogP contribution in [0.3, 0.4) is 0 Å². The Labute approximate surface area is 138 Å². The monoisotopic (exact) mass is 326 g/mol. The predicted octanol–water partition coefficient (Wildman–Crippen LogP) is 3.34. The molecule has 0 N–H and O–H groups in total. The number of likely N-dealkylation sites (tertiary alicyclic amines) is 1. The molecule has 3 rings (SSSR count). The molecule has 122 valence electrons. The van der Waals surface area contributed by atoms with E-state index in [2.05, 4.69) is 4.98 Å². The van der Waals surface area contributed by atoms with Crippen LogP contribution >= 0.6 is 0 Å². The van der Waals surface area contributed by atoms with Gasteiger partial charge in [-0.25, -0.2) is 8.78 Å². The molecule has 1 aromatic carbocycles. The van der Waals surface area contributed by atoms with E-state index in [-0.39, 0.29) is 11.3 Å². The van der Waals surface area contributed by atoms with Gasteiger partial charge in [-0.3, -0.25) is 14.7 Å². The number of ketones is 1. The Hall–Kier alpha value is -2.66. The van der Waals surface area contributed by atoms with Crippen molar-refractivity contribution in [1.29, 1.82) is 0 Å². The second-order valence-electron chi connectivity index (χ2n) is 5.76. The van der Waals surface area contributed by atoms with Crippen LogP contribution < -0.4 is 0 Å². The zero-order valence-electron chi connectivity index (χ0n) is 13.2. The summed E-state index contributed by atoms with van der Waals surface area (Å²) in [5.41, 5.74) is 2.00. The van der Waals surface area contributed by atoms with Crippen molar-refractivity contribution in [1.82, 2.24) is 9.88 Å². The van der Waals surface area contributed by atoms with E-state index in [4.69, 9.17) is 0 Å². The van der Waals surface area contributed by atoms with Crippen molar-refractivity contribution in [2.24, 2.45) is 0 Å².